The summed E-state index contributed by atoms with van der Waals surface area (Å²) in [6.45, 7) is 1.96. The SMILES string of the molecule is CC(=O)c1ccc(S(=O)(=O)N2CCC(Cn3c(C(F)(F)F)nc4ccccc43)CC2)cc1. The molecule has 0 saturated carbocycles. The molecular weight excluding hydrogens is 443 g/mol. The second kappa shape index (κ2) is 8.32. The number of Topliss-reactive ketones (excluding diaryl/α,β-unsaturated/α-hetero) is 1. The number of alkyl halides is 3. The van der Waals surface area contributed by atoms with Crippen LogP contribution in [0.25, 0.3) is 11.0 Å². The van der Waals surface area contributed by atoms with E-state index in [1.54, 1.807) is 24.3 Å². The highest BCUT2D eigenvalue weighted by Gasteiger charge is 2.38. The van der Waals surface area contributed by atoms with Crippen LogP contribution < -0.4 is 0 Å². The molecule has 1 fully saturated rings. The fraction of sp³-hybridized carbons (Fsp3) is 0.364. The molecule has 0 spiro atoms. The Labute approximate surface area is 183 Å². The van der Waals surface area contributed by atoms with Crippen LogP contribution in [0.1, 0.15) is 35.9 Å². The lowest BCUT2D eigenvalue weighted by Crippen LogP contribution is -2.39. The molecule has 32 heavy (non-hydrogen) atoms. The number of halogens is 3. The van der Waals surface area contributed by atoms with E-state index in [1.165, 1.54) is 40.1 Å². The van der Waals surface area contributed by atoms with E-state index in [2.05, 4.69) is 4.98 Å². The van der Waals surface area contributed by atoms with Gasteiger partial charge < -0.3 is 4.57 Å². The van der Waals surface area contributed by atoms with Crippen LogP contribution in [-0.4, -0.2) is 41.1 Å². The quantitative estimate of drug-likeness (QED) is 0.525. The number of carbonyl (C=O) groups is 1. The molecule has 1 aromatic heterocycles. The first-order chi connectivity index (χ1) is 15.1. The van der Waals surface area contributed by atoms with Gasteiger partial charge in [0.2, 0.25) is 15.8 Å². The third-order valence-electron chi connectivity index (χ3n) is 5.82. The molecule has 1 aliphatic rings. The number of rotatable bonds is 5. The molecule has 0 amide bonds. The van der Waals surface area contributed by atoms with Crippen molar-refractivity contribution in [2.24, 2.45) is 5.92 Å². The van der Waals surface area contributed by atoms with Crippen molar-refractivity contribution in [1.82, 2.24) is 13.9 Å². The molecule has 0 unspecified atom stereocenters. The molecule has 3 aromatic rings. The minimum atomic E-state index is -4.57. The van der Waals surface area contributed by atoms with Crippen molar-refractivity contribution in [1.29, 1.82) is 0 Å². The average Bonchev–Trinajstić information content (AvgIpc) is 3.13. The third-order valence-corrected chi connectivity index (χ3v) is 7.73. The van der Waals surface area contributed by atoms with Crippen LogP contribution in [0.3, 0.4) is 0 Å². The molecule has 2 heterocycles. The fourth-order valence-electron chi connectivity index (χ4n) is 4.08. The Hall–Kier alpha value is -2.72. The molecule has 0 bridgehead atoms. The van der Waals surface area contributed by atoms with Crippen LogP contribution in [0.5, 0.6) is 0 Å². The average molecular weight is 465 g/mol. The van der Waals surface area contributed by atoms with Gasteiger partial charge in [-0.1, -0.05) is 24.3 Å². The van der Waals surface area contributed by atoms with E-state index >= 15 is 0 Å². The van der Waals surface area contributed by atoms with E-state index in [1.807, 2.05) is 0 Å². The Bertz CT molecular complexity index is 1240. The molecule has 0 N–H and O–H groups in total. The van der Waals surface area contributed by atoms with E-state index in [-0.39, 0.29) is 41.7 Å². The third kappa shape index (κ3) is 4.29. The summed E-state index contributed by atoms with van der Waals surface area (Å²) < 4.78 is 69.0. The first-order valence-electron chi connectivity index (χ1n) is 10.2. The number of benzene rings is 2. The minimum Gasteiger partial charge on any atom is -0.320 e. The smallest absolute Gasteiger partial charge is 0.320 e. The summed E-state index contributed by atoms with van der Waals surface area (Å²) >= 11 is 0. The van der Waals surface area contributed by atoms with Crippen LogP contribution in [0.15, 0.2) is 53.4 Å². The number of carbonyl (C=O) groups excluding carboxylic acids is 1. The van der Waals surface area contributed by atoms with Crippen molar-refractivity contribution < 1.29 is 26.4 Å². The Morgan fingerprint density at radius 2 is 1.69 bits per heavy atom. The van der Waals surface area contributed by atoms with Crippen molar-refractivity contribution in [2.75, 3.05) is 13.1 Å². The predicted octanol–water partition coefficient (Wildman–Crippen LogP) is 4.36. The summed E-state index contributed by atoms with van der Waals surface area (Å²) in [5.74, 6) is -1.19. The van der Waals surface area contributed by atoms with Crippen LogP contribution in [-0.2, 0) is 22.7 Å². The largest absolute Gasteiger partial charge is 0.449 e. The number of ketones is 1. The van der Waals surface area contributed by atoms with E-state index < -0.39 is 22.0 Å². The Balaban J connectivity index is 1.49. The van der Waals surface area contributed by atoms with Gasteiger partial charge in [0, 0.05) is 25.2 Å². The molecule has 10 heteroatoms. The summed E-state index contributed by atoms with van der Waals surface area (Å²) in [5.41, 5.74) is 1.13. The van der Waals surface area contributed by atoms with Gasteiger partial charge in [-0.05, 0) is 49.9 Å². The second-order valence-corrected chi connectivity index (χ2v) is 9.90. The van der Waals surface area contributed by atoms with Crippen molar-refractivity contribution in [2.45, 2.75) is 37.4 Å². The van der Waals surface area contributed by atoms with E-state index in [0.29, 0.717) is 23.9 Å². The van der Waals surface area contributed by atoms with E-state index in [4.69, 9.17) is 0 Å². The highest BCUT2D eigenvalue weighted by molar-refractivity contribution is 7.89. The molecule has 170 valence electrons. The maximum Gasteiger partial charge on any atom is 0.449 e. The molecule has 0 radical (unpaired) electrons. The zero-order valence-corrected chi connectivity index (χ0v) is 18.2. The number of piperidine rings is 1. The molecule has 1 aliphatic heterocycles. The number of imidazole rings is 1. The summed E-state index contributed by atoms with van der Waals surface area (Å²) in [6, 6.07) is 12.3. The van der Waals surface area contributed by atoms with Crippen LogP contribution in [0.2, 0.25) is 0 Å². The number of aromatic nitrogens is 2. The van der Waals surface area contributed by atoms with Crippen molar-refractivity contribution in [3.8, 4) is 0 Å². The standard InChI is InChI=1S/C22H22F3N3O3S/c1-15(29)17-6-8-18(9-7-17)32(30,31)27-12-10-16(11-13-27)14-28-20-5-3-2-4-19(20)26-21(28)22(23,24)25/h2-9,16H,10-14H2,1H3. The van der Waals surface area contributed by atoms with Crippen molar-refractivity contribution >= 4 is 26.8 Å². The van der Waals surface area contributed by atoms with Gasteiger partial charge >= 0.3 is 6.18 Å². The second-order valence-electron chi connectivity index (χ2n) is 7.96. The zero-order chi connectivity index (χ0) is 23.1. The Kier molecular flexibility index (Phi) is 5.85. The molecular formula is C22H22F3N3O3S. The summed E-state index contributed by atoms with van der Waals surface area (Å²) in [6.07, 6.45) is -3.70. The number of fused-ring (bicyclic) bond motifs is 1. The number of hydrogen-bond acceptors (Lipinski definition) is 4. The lowest BCUT2D eigenvalue weighted by molar-refractivity contribution is -0.147. The lowest BCUT2D eigenvalue weighted by Gasteiger charge is -2.31. The number of sulfonamides is 1. The van der Waals surface area contributed by atoms with Gasteiger partial charge in [0.15, 0.2) is 5.78 Å². The Morgan fingerprint density at radius 1 is 1.06 bits per heavy atom. The molecule has 0 atom stereocenters. The number of para-hydroxylation sites is 2. The molecule has 2 aromatic carbocycles. The van der Waals surface area contributed by atoms with Crippen LogP contribution in [0.4, 0.5) is 13.2 Å². The van der Waals surface area contributed by atoms with Crippen molar-refractivity contribution in [3.63, 3.8) is 0 Å². The topological polar surface area (TPSA) is 72.3 Å². The zero-order valence-electron chi connectivity index (χ0n) is 17.3. The monoisotopic (exact) mass is 465 g/mol. The summed E-state index contributed by atoms with van der Waals surface area (Å²) in [4.78, 5) is 15.3. The first-order valence-corrected chi connectivity index (χ1v) is 11.6. The fourth-order valence-corrected chi connectivity index (χ4v) is 5.55. The molecule has 1 saturated heterocycles. The van der Waals surface area contributed by atoms with Crippen molar-refractivity contribution in [3.05, 3.63) is 59.9 Å². The molecule has 4 rings (SSSR count). The highest BCUT2D eigenvalue weighted by atomic mass is 32.2. The lowest BCUT2D eigenvalue weighted by atomic mass is 9.98. The number of hydrogen-bond donors (Lipinski definition) is 0. The summed E-state index contributed by atoms with van der Waals surface area (Å²) in [7, 11) is -3.73. The van der Waals surface area contributed by atoms with Gasteiger partial charge in [0.05, 0.1) is 15.9 Å². The highest BCUT2D eigenvalue weighted by Crippen LogP contribution is 2.33. The van der Waals surface area contributed by atoms with Gasteiger partial charge in [0.1, 0.15) is 0 Å². The molecule has 6 nitrogen and oxygen atoms in total. The van der Waals surface area contributed by atoms with Gasteiger partial charge in [-0.2, -0.15) is 17.5 Å². The van der Waals surface area contributed by atoms with E-state index in [0.717, 1.165) is 0 Å². The Morgan fingerprint density at radius 3 is 2.28 bits per heavy atom. The maximum atomic E-state index is 13.5. The van der Waals surface area contributed by atoms with Crippen LogP contribution >= 0.6 is 0 Å². The van der Waals surface area contributed by atoms with Gasteiger partial charge in [-0.15, -0.1) is 0 Å². The normalized spacial score (nSPS) is 16.5. The number of nitrogens with zero attached hydrogens (tertiary/aromatic N) is 3. The van der Waals surface area contributed by atoms with Gasteiger partial charge in [-0.25, -0.2) is 13.4 Å². The van der Waals surface area contributed by atoms with Gasteiger partial charge in [0.25, 0.3) is 0 Å². The van der Waals surface area contributed by atoms with Crippen LogP contribution in [0, 0.1) is 5.92 Å². The maximum absolute atomic E-state index is 13.5. The first kappa shape index (κ1) is 22.5. The minimum absolute atomic E-state index is 0.0981. The van der Waals surface area contributed by atoms with E-state index in [9.17, 15) is 26.4 Å². The molecule has 0 aliphatic carbocycles. The predicted molar refractivity (Wildman–Crippen MR) is 113 cm³/mol. The van der Waals surface area contributed by atoms with Gasteiger partial charge in [-0.3, -0.25) is 4.79 Å². The summed E-state index contributed by atoms with van der Waals surface area (Å²) in [5, 5.41) is 0.